The molecule has 0 aromatic heterocycles. The summed E-state index contributed by atoms with van der Waals surface area (Å²) in [6.07, 6.45) is 10.6. The van der Waals surface area contributed by atoms with Crippen LogP contribution in [0, 0.1) is 11.8 Å². The molecule has 3 saturated carbocycles. The zero-order valence-electron chi connectivity index (χ0n) is 12.8. The Morgan fingerprint density at radius 3 is 2.52 bits per heavy atom. The molecule has 4 heteroatoms. The van der Waals surface area contributed by atoms with Crippen LogP contribution in [-0.4, -0.2) is 34.8 Å². The first-order valence-corrected chi connectivity index (χ1v) is 8.80. The highest BCUT2D eigenvalue weighted by molar-refractivity contribution is 5.93. The van der Waals surface area contributed by atoms with E-state index in [1.165, 1.54) is 32.1 Å². The predicted octanol–water partition coefficient (Wildman–Crippen LogP) is 2.23. The van der Waals surface area contributed by atoms with E-state index in [1.807, 2.05) is 0 Å². The van der Waals surface area contributed by atoms with E-state index < -0.39 is 5.54 Å². The first kappa shape index (κ1) is 13.6. The molecule has 4 fully saturated rings. The normalized spacial score (nSPS) is 38.7. The Bertz CT molecular complexity index is 456. The Morgan fingerprint density at radius 2 is 1.86 bits per heavy atom. The summed E-state index contributed by atoms with van der Waals surface area (Å²) < 4.78 is 0. The lowest BCUT2D eigenvalue weighted by molar-refractivity contribution is -0.143. The number of hydrogen-bond acceptors (Lipinski definition) is 2. The minimum absolute atomic E-state index is 0.0795. The molecule has 3 atom stereocenters. The lowest BCUT2D eigenvalue weighted by Gasteiger charge is -2.41. The van der Waals surface area contributed by atoms with Gasteiger partial charge in [0, 0.05) is 19.0 Å². The van der Waals surface area contributed by atoms with Crippen molar-refractivity contribution in [2.75, 3.05) is 6.54 Å². The summed E-state index contributed by atoms with van der Waals surface area (Å²) in [5.41, 5.74) is -0.562. The molecule has 2 bridgehead atoms. The fourth-order valence-corrected chi connectivity index (χ4v) is 5.38. The van der Waals surface area contributed by atoms with Gasteiger partial charge in [-0.2, -0.15) is 0 Å². The number of fused-ring (bicyclic) bond motifs is 2. The largest absolute Gasteiger partial charge is 0.342 e. The predicted molar refractivity (Wildman–Crippen MR) is 79.5 cm³/mol. The molecular weight excluding hydrogens is 264 g/mol. The fourth-order valence-electron chi connectivity index (χ4n) is 5.38. The van der Waals surface area contributed by atoms with E-state index in [0.29, 0.717) is 24.9 Å². The van der Waals surface area contributed by atoms with Crippen LogP contribution < -0.4 is 5.32 Å². The van der Waals surface area contributed by atoms with E-state index in [9.17, 15) is 9.59 Å². The summed E-state index contributed by atoms with van der Waals surface area (Å²) in [6.45, 7) is 0.639. The molecule has 4 aliphatic rings. The van der Waals surface area contributed by atoms with Crippen molar-refractivity contribution in [3.63, 3.8) is 0 Å². The van der Waals surface area contributed by atoms with Crippen molar-refractivity contribution in [2.45, 2.75) is 75.8 Å². The number of rotatable bonds is 1. The molecule has 3 aliphatic carbocycles. The summed E-state index contributed by atoms with van der Waals surface area (Å²) in [5, 5.41) is 3.11. The average Bonchev–Trinajstić information content (AvgIpc) is 3.08. The molecule has 0 aromatic rings. The van der Waals surface area contributed by atoms with Crippen LogP contribution in [0.3, 0.4) is 0 Å². The summed E-state index contributed by atoms with van der Waals surface area (Å²) >= 11 is 0. The van der Waals surface area contributed by atoms with Gasteiger partial charge in [0.1, 0.15) is 5.54 Å². The van der Waals surface area contributed by atoms with E-state index in [0.717, 1.165) is 31.6 Å². The summed E-state index contributed by atoms with van der Waals surface area (Å²) in [7, 11) is 0. The molecule has 2 amide bonds. The van der Waals surface area contributed by atoms with Crippen LogP contribution in [0.5, 0.6) is 0 Å². The van der Waals surface area contributed by atoms with Gasteiger partial charge in [-0.3, -0.25) is 9.59 Å². The first-order chi connectivity index (χ1) is 10.2. The van der Waals surface area contributed by atoms with Crippen LogP contribution in [0.2, 0.25) is 0 Å². The van der Waals surface area contributed by atoms with Gasteiger partial charge in [-0.25, -0.2) is 0 Å². The second-order valence-electron chi connectivity index (χ2n) is 7.68. The second kappa shape index (κ2) is 4.99. The SMILES string of the molecule is O=C1CCN(C2CC3CCC2C3)C(=O)C2(CCCCC2)N1. The third-order valence-corrected chi connectivity index (χ3v) is 6.44. The lowest BCUT2D eigenvalue weighted by atomic mass is 9.80. The maximum absolute atomic E-state index is 13.2. The maximum atomic E-state index is 13.2. The van der Waals surface area contributed by atoms with Gasteiger partial charge in [0.05, 0.1) is 0 Å². The Balaban J connectivity index is 1.61. The number of carbonyl (C=O) groups excluding carboxylic acids is 2. The number of nitrogens with one attached hydrogen (secondary N) is 1. The third-order valence-electron chi connectivity index (χ3n) is 6.44. The van der Waals surface area contributed by atoms with Gasteiger partial charge in [-0.1, -0.05) is 25.7 Å². The van der Waals surface area contributed by atoms with E-state index in [-0.39, 0.29) is 11.8 Å². The average molecular weight is 290 g/mol. The topological polar surface area (TPSA) is 49.4 Å². The molecule has 3 unspecified atom stereocenters. The molecule has 1 heterocycles. The first-order valence-electron chi connectivity index (χ1n) is 8.80. The highest BCUT2D eigenvalue weighted by atomic mass is 16.2. The molecule has 21 heavy (non-hydrogen) atoms. The monoisotopic (exact) mass is 290 g/mol. The van der Waals surface area contributed by atoms with Crippen LogP contribution in [0.1, 0.15) is 64.2 Å². The van der Waals surface area contributed by atoms with Gasteiger partial charge in [0.15, 0.2) is 0 Å². The van der Waals surface area contributed by atoms with Gasteiger partial charge in [-0.05, 0) is 43.9 Å². The van der Waals surface area contributed by atoms with Crippen molar-refractivity contribution in [3.8, 4) is 0 Å². The molecule has 4 nitrogen and oxygen atoms in total. The summed E-state index contributed by atoms with van der Waals surface area (Å²) in [6, 6.07) is 0.419. The van der Waals surface area contributed by atoms with Gasteiger partial charge in [0.25, 0.3) is 0 Å². The van der Waals surface area contributed by atoms with Crippen LogP contribution in [0.15, 0.2) is 0 Å². The zero-order chi connectivity index (χ0) is 14.4. The lowest BCUT2D eigenvalue weighted by Crippen LogP contribution is -2.60. The quantitative estimate of drug-likeness (QED) is 0.805. The Hall–Kier alpha value is -1.06. The van der Waals surface area contributed by atoms with Crippen LogP contribution in [0.4, 0.5) is 0 Å². The smallest absolute Gasteiger partial charge is 0.248 e. The van der Waals surface area contributed by atoms with Crippen LogP contribution in [-0.2, 0) is 9.59 Å². The minimum Gasteiger partial charge on any atom is -0.342 e. The molecule has 116 valence electrons. The van der Waals surface area contributed by atoms with Crippen LogP contribution >= 0.6 is 0 Å². The summed E-state index contributed by atoms with van der Waals surface area (Å²) in [5.74, 6) is 1.86. The second-order valence-corrected chi connectivity index (χ2v) is 7.68. The fraction of sp³-hybridized carbons (Fsp3) is 0.882. The van der Waals surface area contributed by atoms with Gasteiger partial charge in [-0.15, -0.1) is 0 Å². The molecule has 0 radical (unpaired) electrons. The highest BCUT2D eigenvalue weighted by Crippen LogP contribution is 2.47. The van der Waals surface area contributed by atoms with Gasteiger partial charge >= 0.3 is 0 Å². The highest BCUT2D eigenvalue weighted by Gasteiger charge is 2.50. The van der Waals surface area contributed by atoms with Gasteiger partial charge in [0.2, 0.25) is 11.8 Å². The molecule has 0 aromatic carbocycles. The zero-order valence-corrected chi connectivity index (χ0v) is 12.8. The number of carbonyl (C=O) groups is 2. The van der Waals surface area contributed by atoms with Crippen molar-refractivity contribution in [2.24, 2.45) is 11.8 Å². The van der Waals surface area contributed by atoms with Crippen molar-refractivity contribution in [1.29, 1.82) is 0 Å². The van der Waals surface area contributed by atoms with Crippen molar-refractivity contribution in [3.05, 3.63) is 0 Å². The molecule has 1 N–H and O–H groups in total. The Morgan fingerprint density at radius 1 is 1.05 bits per heavy atom. The van der Waals surface area contributed by atoms with Crippen LogP contribution in [0.25, 0.3) is 0 Å². The number of amides is 2. The van der Waals surface area contributed by atoms with Crippen molar-refractivity contribution in [1.82, 2.24) is 10.2 Å². The molecule has 1 spiro atoms. The van der Waals surface area contributed by atoms with E-state index in [4.69, 9.17) is 0 Å². The number of nitrogens with zero attached hydrogens (tertiary/aromatic N) is 1. The maximum Gasteiger partial charge on any atom is 0.248 e. The van der Waals surface area contributed by atoms with E-state index in [2.05, 4.69) is 10.2 Å². The molecule has 1 saturated heterocycles. The van der Waals surface area contributed by atoms with Crippen molar-refractivity contribution >= 4 is 11.8 Å². The number of hydrogen-bond donors (Lipinski definition) is 1. The third kappa shape index (κ3) is 2.18. The molecule has 1 aliphatic heterocycles. The standard InChI is InChI=1S/C17H26N2O2/c20-15-6-9-19(14-11-12-4-5-13(14)10-12)16(21)17(18-15)7-2-1-3-8-17/h12-14H,1-11H2,(H,18,20). The Labute approximate surface area is 126 Å². The molecular formula is C17H26N2O2. The summed E-state index contributed by atoms with van der Waals surface area (Å²) in [4.78, 5) is 27.5. The Kier molecular flexibility index (Phi) is 3.23. The van der Waals surface area contributed by atoms with Crippen molar-refractivity contribution < 1.29 is 9.59 Å². The minimum atomic E-state index is -0.562. The van der Waals surface area contributed by atoms with E-state index in [1.54, 1.807) is 0 Å². The van der Waals surface area contributed by atoms with E-state index >= 15 is 0 Å². The van der Waals surface area contributed by atoms with Gasteiger partial charge < -0.3 is 10.2 Å². The molecule has 4 rings (SSSR count).